The molecule has 3 unspecified atom stereocenters. The van der Waals surface area contributed by atoms with E-state index in [1.807, 2.05) is 70.5 Å². The smallest absolute Gasteiger partial charge is 0.253 e. The summed E-state index contributed by atoms with van der Waals surface area (Å²) in [5.74, 6) is 0.180. The molecule has 0 bridgehead atoms. The van der Waals surface area contributed by atoms with Gasteiger partial charge in [0.15, 0.2) is 5.78 Å². The summed E-state index contributed by atoms with van der Waals surface area (Å²) in [6.07, 6.45) is 1.98. The van der Waals surface area contributed by atoms with Crippen molar-refractivity contribution in [3.63, 3.8) is 0 Å². The summed E-state index contributed by atoms with van der Waals surface area (Å²) in [7, 11) is 0. The molecule has 3 heterocycles. The van der Waals surface area contributed by atoms with E-state index >= 15 is 0 Å². The number of ketones is 1. The fraction of sp³-hybridized carbons (Fsp3) is 0.344. The topological polar surface area (TPSA) is 94.4 Å². The molecule has 4 aliphatic rings. The van der Waals surface area contributed by atoms with Crippen LogP contribution in [-0.4, -0.2) is 60.1 Å². The summed E-state index contributed by atoms with van der Waals surface area (Å²) in [4.78, 5) is 42.8. The van der Waals surface area contributed by atoms with Crippen molar-refractivity contribution in [3.05, 3.63) is 101 Å². The number of amides is 2. The number of azo groups is 1. The van der Waals surface area contributed by atoms with E-state index in [4.69, 9.17) is 5.11 Å². The van der Waals surface area contributed by atoms with Gasteiger partial charge in [0, 0.05) is 60.4 Å². The minimum Gasteiger partial charge on any atom is -0.377 e. The van der Waals surface area contributed by atoms with E-state index in [1.165, 1.54) is 0 Å². The third-order valence-electron chi connectivity index (χ3n) is 8.62. The van der Waals surface area contributed by atoms with Crippen LogP contribution in [0.4, 0.5) is 5.69 Å². The standard InChI is InChI=1S/C32H31N5O3/c38-26-19-33-35-30-27(29(20-6-2-1-3-7-20)34-25-11-5-10-24(26)28(25)30)22-8-4-9-23(18-22)32(40)37-16-14-36(15-17-37)31(39)21-12-13-21/h1-11,18,21,27,29-30,34H,12-17,19H2. The lowest BCUT2D eigenvalue weighted by molar-refractivity contribution is -0.134. The van der Waals surface area contributed by atoms with Crippen LogP contribution in [0.5, 0.6) is 0 Å². The Morgan fingerprint density at radius 2 is 1.55 bits per heavy atom. The minimum absolute atomic E-state index is 0.0286. The number of hydrogen-bond donors (Lipinski definition) is 1. The van der Waals surface area contributed by atoms with Gasteiger partial charge in [0.1, 0.15) is 12.6 Å². The van der Waals surface area contributed by atoms with Crippen molar-refractivity contribution in [2.75, 3.05) is 38.0 Å². The average Bonchev–Trinajstić information content (AvgIpc) is 3.87. The number of anilines is 1. The molecule has 1 N–H and O–H groups in total. The van der Waals surface area contributed by atoms with Gasteiger partial charge >= 0.3 is 0 Å². The van der Waals surface area contributed by atoms with Crippen LogP contribution in [0.25, 0.3) is 0 Å². The first kappa shape index (κ1) is 24.7. The summed E-state index contributed by atoms with van der Waals surface area (Å²) < 4.78 is 0. The third kappa shape index (κ3) is 4.37. The van der Waals surface area contributed by atoms with Crippen molar-refractivity contribution in [1.82, 2.24) is 9.80 Å². The molecule has 3 aromatic rings. The lowest BCUT2D eigenvalue weighted by Crippen LogP contribution is -2.51. The van der Waals surface area contributed by atoms with E-state index in [1.54, 1.807) is 0 Å². The number of hydrogen-bond acceptors (Lipinski definition) is 6. The second-order valence-electron chi connectivity index (χ2n) is 11.1. The van der Waals surface area contributed by atoms with Gasteiger partial charge in [0.25, 0.3) is 5.91 Å². The van der Waals surface area contributed by atoms with E-state index in [0.29, 0.717) is 37.3 Å². The van der Waals surface area contributed by atoms with Crippen molar-refractivity contribution < 1.29 is 14.4 Å². The molecule has 1 aliphatic carbocycles. The quantitative estimate of drug-likeness (QED) is 0.510. The lowest BCUT2D eigenvalue weighted by Gasteiger charge is -2.39. The fourth-order valence-corrected chi connectivity index (χ4v) is 6.39. The van der Waals surface area contributed by atoms with Gasteiger partial charge in [0.2, 0.25) is 5.91 Å². The number of carbonyl (C=O) groups is 3. The van der Waals surface area contributed by atoms with Gasteiger partial charge in [-0.05, 0) is 42.2 Å². The van der Waals surface area contributed by atoms with Crippen molar-refractivity contribution in [2.45, 2.75) is 30.8 Å². The highest BCUT2D eigenvalue weighted by Gasteiger charge is 2.42. The number of piperazine rings is 1. The SMILES string of the molecule is O=C1CN=NC2c3c(cccc31)NC(c1ccccc1)C2c1cccc(C(=O)N2CCN(C(=O)C3CC3)CC2)c1. The molecule has 3 aliphatic heterocycles. The summed E-state index contributed by atoms with van der Waals surface area (Å²) in [6.45, 7) is 2.27. The number of benzene rings is 3. The van der Waals surface area contributed by atoms with Crippen molar-refractivity contribution >= 4 is 23.3 Å². The molecule has 0 aromatic heterocycles. The normalized spacial score (nSPS) is 23.7. The zero-order valence-corrected chi connectivity index (χ0v) is 22.2. The largest absolute Gasteiger partial charge is 0.377 e. The molecule has 2 amide bonds. The molecule has 1 saturated heterocycles. The van der Waals surface area contributed by atoms with Crippen LogP contribution in [0.2, 0.25) is 0 Å². The fourth-order valence-electron chi connectivity index (χ4n) is 6.39. The Kier molecular flexibility index (Phi) is 6.18. The number of nitrogens with zero attached hydrogens (tertiary/aromatic N) is 4. The number of Topliss-reactive ketones (excluding diaryl/α,β-unsaturated/α-hetero) is 1. The highest BCUT2D eigenvalue weighted by molar-refractivity contribution is 6.01. The predicted molar refractivity (Wildman–Crippen MR) is 150 cm³/mol. The molecule has 8 heteroatoms. The number of carbonyl (C=O) groups excluding carboxylic acids is 3. The second kappa shape index (κ2) is 10.0. The molecule has 2 fully saturated rings. The first-order chi connectivity index (χ1) is 19.6. The molecule has 3 aromatic carbocycles. The monoisotopic (exact) mass is 533 g/mol. The molecular formula is C32H31N5O3. The molecule has 8 nitrogen and oxygen atoms in total. The van der Waals surface area contributed by atoms with Crippen LogP contribution in [0.3, 0.4) is 0 Å². The molecule has 0 radical (unpaired) electrons. The van der Waals surface area contributed by atoms with E-state index < -0.39 is 0 Å². The first-order valence-electron chi connectivity index (χ1n) is 14.1. The van der Waals surface area contributed by atoms with E-state index in [2.05, 4.69) is 22.6 Å². The summed E-state index contributed by atoms with van der Waals surface area (Å²) in [5.41, 5.74) is 5.11. The maximum absolute atomic E-state index is 13.6. The Morgan fingerprint density at radius 3 is 2.33 bits per heavy atom. The minimum atomic E-state index is -0.369. The van der Waals surface area contributed by atoms with Crippen molar-refractivity contribution in [2.24, 2.45) is 16.1 Å². The van der Waals surface area contributed by atoms with Crippen LogP contribution < -0.4 is 5.32 Å². The predicted octanol–water partition coefficient (Wildman–Crippen LogP) is 5.02. The zero-order chi connectivity index (χ0) is 27.2. The Morgan fingerprint density at radius 1 is 0.825 bits per heavy atom. The summed E-state index contributed by atoms with van der Waals surface area (Å²) >= 11 is 0. The zero-order valence-electron chi connectivity index (χ0n) is 22.2. The highest BCUT2D eigenvalue weighted by Crippen LogP contribution is 2.52. The van der Waals surface area contributed by atoms with Gasteiger partial charge in [-0.25, -0.2) is 0 Å². The molecule has 3 atom stereocenters. The summed E-state index contributed by atoms with van der Waals surface area (Å²) in [5, 5.41) is 12.7. The van der Waals surface area contributed by atoms with E-state index in [-0.39, 0.29) is 48.1 Å². The molecule has 7 rings (SSSR count). The molecule has 40 heavy (non-hydrogen) atoms. The maximum Gasteiger partial charge on any atom is 0.253 e. The molecule has 1 saturated carbocycles. The Hall–Kier alpha value is -4.33. The Bertz CT molecular complexity index is 1510. The molecule has 0 spiro atoms. The van der Waals surface area contributed by atoms with Crippen LogP contribution in [-0.2, 0) is 4.79 Å². The first-order valence-corrected chi connectivity index (χ1v) is 14.1. The van der Waals surface area contributed by atoms with Crippen LogP contribution in [0.15, 0.2) is 83.0 Å². The highest BCUT2D eigenvalue weighted by atomic mass is 16.2. The van der Waals surface area contributed by atoms with E-state index in [9.17, 15) is 14.4 Å². The van der Waals surface area contributed by atoms with Gasteiger partial charge in [-0.2, -0.15) is 10.2 Å². The van der Waals surface area contributed by atoms with Crippen molar-refractivity contribution in [1.29, 1.82) is 0 Å². The maximum atomic E-state index is 13.6. The van der Waals surface area contributed by atoms with E-state index in [0.717, 1.165) is 35.2 Å². The number of rotatable bonds is 4. The summed E-state index contributed by atoms with van der Waals surface area (Å²) in [6, 6.07) is 23.3. The molecular weight excluding hydrogens is 502 g/mol. The van der Waals surface area contributed by atoms with Gasteiger partial charge in [-0.15, -0.1) is 0 Å². The van der Waals surface area contributed by atoms with Gasteiger partial charge in [-0.1, -0.05) is 54.6 Å². The van der Waals surface area contributed by atoms with Crippen molar-refractivity contribution in [3.8, 4) is 0 Å². The second-order valence-corrected chi connectivity index (χ2v) is 11.1. The lowest BCUT2D eigenvalue weighted by atomic mass is 9.74. The van der Waals surface area contributed by atoms with Crippen LogP contribution in [0, 0.1) is 5.92 Å². The Balaban J connectivity index is 1.23. The van der Waals surface area contributed by atoms with Crippen LogP contribution >= 0.6 is 0 Å². The van der Waals surface area contributed by atoms with Gasteiger partial charge in [0.05, 0.1) is 6.04 Å². The van der Waals surface area contributed by atoms with Gasteiger partial charge in [-0.3, -0.25) is 14.4 Å². The average molecular weight is 534 g/mol. The third-order valence-corrected chi connectivity index (χ3v) is 8.62. The van der Waals surface area contributed by atoms with Gasteiger partial charge < -0.3 is 15.1 Å². The Labute approximate surface area is 233 Å². The number of nitrogens with one attached hydrogen (secondary N) is 1. The van der Waals surface area contributed by atoms with Crippen LogP contribution in [0.1, 0.15) is 68.2 Å². The molecule has 202 valence electrons.